The summed E-state index contributed by atoms with van der Waals surface area (Å²) in [6.07, 6.45) is 1.69. The highest BCUT2D eigenvalue weighted by molar-refractivity contribution is 8.26. The summed E-state index contributed by atoms with van der Waals surface area (Å²) in [5.41, 5.74) is 1.90. The van der Waals surface area contributed by atoms with E-state index in [2.05, 4.69) is 0 Å². The Labute approximate surface area is 239 Å². The van der Waals surface area contributed by atoms with Crippen LogP contribution in [0.2, 0.25) is 0 Å². The minimum absolute atomic E-state index is 0.00397. The molecule has 0 aliphatic carbocycles. The summed E-state index contributed by atoms with van der Waals surface area (Å²) in [5.74, 6) is -0.379. The largest absolute Gasteiger partial charge is 0.366 e. The number of thioether (sulfide) groups is 1. The number of pyridine rings is 1. The number of thiocarbonyl (C=S) groups is 1. The lowest BCUT2D eigenvalue weighted by Gasteiger charge is -2.38. The number of para-hydroxylation sites is 1. The van der Waals surface area contributed by atoms with Crippen molar-refractivity contribution in [2.75, 3.05) is 36.0 Å². The Hall–Kier alpha value is -4.01. The highest BCUT2D eigenvalue weighted by Crippen LogP contribution is 2.37. The number of piperazine rings is 1. The van der Waals surface area contributed by atoms with Crippen molar-refractivity contribution in [3.05, 3.63) is 97.7 Å². The molecule has 0 radical (unpaired) electrons. The van der Waals surface area contributed by atoms with Gasteiger partial charge >= 0.3 is 0 Å². The lowest BCUT2D eigenvalue weighted by atomic mass is 10.0. The fourth-order valence-electron chi connectivity index (χ4n) is 5.00. The molecule has 1 amide bonds. The summed E-state index contributed by atoms with van der Waals surface area (Å²) < 4.78 is 29.5. The molecule has 40 heavy (non-hydrogen) atoms. The van der Waals surface area contributed by atoms with Crippen LogP contribution in [-0.4, -0.2) is 45.9 Å². The van der Waals surface area contributed by atoms with Crippen LogP contribution < -0.4 is 15.4 Å². The Morgan fingerprint density at radius 1 is 1.02 bits per heavy atom. The van der Waals surface area contributed by atoms with Gasteiger partial charge < -0.3 is 9.80 Å². The normalized spacial score (nSPS) is 16.7. The van der Waals surface area contributed by atoms with Gasteiger partial charge in [-0.25, -0.2) is 8.78 Å². The number of carbonyl (C=O) groups excluding carboxylic acids is 1. The highest BCUT2D eigenvalue weighted by atomic mass is 32.2. The maximum absolute atomic E-state index is 14.4. The number of aromatic nitrogens is 1. The molecular weight excluding hydrogens is 552 g/mol. The summed E-state index contributed by atoms with van der Waals surface area (Å²) in [7, 11) is 1.61. The minimum atomic E-state index is -0.424. The molecule has 1 aromatic heterocycles. The van der Waals surface area contributed by atoms with Gasteiger partial charge in [-0.05, 0) is 48.4 Å². The zero-order chi connectivity index (χ0) is 28.6. The van der Waals surface area contributed by atoms with Crippen molar-refractivity contribution in [1.82, 2.24) is 9.47 Å². The number of nitrogens with zero attached hydrogens (tertiary/aromatic N) is 5. The molecule has 3 heterocycles. The number of rotatable bonds is 5. The smallest absolute Gasteiger partial charge is 0.270 e. The number of halogens is 2. The molecular formula is C29H25F2N5O2S2. The Bertz CT molecular complexity index is 1640. The van der Waals surface area contributed by atoms with Crippen molar-refractivity contribution >= 4 is 51.8 Å². The number of anilines is 2. The van der Waals surface area contributed by atoms with Gasteiger partial charge in [0.25, 0.3) is 11.5 Å². The van der Waals surface area contributed by atoms with E-state index < -0.39 is 5.56 Å². The van der Waals surface area contributed by atoms with Crippen LogP contribution in [0.4, 0.5) is 20.3 Å². The van der Waals surface area contributed by atoms with Gasteiger partial charge in [-0.1, -0.05) is 48.2 Å². The van der Waals surface area contributed by atoms with Crippen LogP contribution in [0.5, 0.6) is 0 Å². The fraction of sp³-hybridized carbons (Fsp3) is 0.241. The van der Waals surface area contributed by atoms with Gasteiger partial charge in [0.05, 0.1) is 17.1 Å². The molecule has 3 aromatic rings. The van der Waals surface area contributed by atoms with Gasteiger partial charge in [-0.3, -0.25) is 19.1 Å². The molecule has 2 aliphatic heterocycles. The van der Waals surface area contributed by atoms with E-state index in [4.69, 9.17) is 12.2 Å². The van der Waals surface area contributed by atoms with E-state index in [1.54, 1.807) is 50.4 Å². The lowest BCUT2D eigenvalue weighted by Crippen LogP contribution is -2.48. The molecule has 7 nitrogen and oxygen atoms in total. The first-order valence-corrected chi connectivity index (χ1v) is 13.8. The van der Waals surface area contributed by atoms with Crippen molar-refractivity contribution < 1.29 is 13.6 Å². The fourth-order valence-corrected chi connectivity index (χ4v) is 6.24. The van der Waals surface area contributed by atoms with Crippen LogP contribution in [0.15, 0.2) is 58.2 Å². The summed E-state index contributed by atoms with van der Waals surface area (Å²) in [4.78, 5) is 32.3. The molecule has 0 saturated carbocycles. The Morgan fingerprint density at radius 2 is 1.68 bits per heavy atom. The number of nitriles is 1. The molecule has 0 spiro atoms. The lowest BCUT2D eigenvalue weighted by molar-refractivity contribution is -0.122. The van der Waals surface area contributed by atoms with Crippen molar-refractivity contribution in [2.24, 2.45) is 7.05 Å². The van der Waals surface area contributed by atoms with Crippen LogP contribution in [-0.2, 0) is 18.4 Å². The number of hydrogen-bond donors (Lipinski definition) is 0. The third kappa shape index (κ3) is 5.12. The zero-order valence-corrected chi connectivity index (χ0v) is 23.5. The Kier molecular flexibility index (Phi) is 7.74. The average molecular weight is 578 g/mol. The molecule has 0 atom stereocenters. The maximum atomic E-state index is 14.4. The van der Waals surface area contributed by atoms with E-state index in [0.29, 0.717) is 58.0 Å². The van der Waals surface area contributed by atoms with Gasteiger partial charge in [-0.15, -0.1) is 0 Å². The third-order valence-electron chi connectivity index (χ3n) is 7.14. The van der Waals surface area contributed by atoms with E-state index in [0.717, 1.165) is 17.3 Å². The molecule has 0 bridgehead atoms. The summed E-state index contributed by atoms with van der Waals surface area (Å²) >= 11 is 6.63. The van der Waals surface area contributed by atoms with Crippen molar-refractivity contribution in [2.45, 2.75) is 13.5 Å². The maximum Gasteiger partial charge on any atom is 0.270 e. The van der Waals surface area contributed by atoms with E-state index in [9.17, 15) is 23.6 Å². The first-order chi connectivity index (χ1) is 19.2. The average Bonchev–Trinajstić information content (AvgIpc) is 3.21. The second-order valence-corrected chi connectivity index (χ2v) is 11.2. The summed E-state index contributed by atoms with van der Waals surface area (Å²) in [6, 6.07) is 14.5. The predicted molar refractivity (Wildman–Crippen MR) is 157 cm³/mol. The Balaban J connectivity index is 1.49. The van der Waals surface area contributed by atoms with Gasteiger partial charge in [-0.2, -0.15) is 5.26 Å². The van der Waals surface area contributed by atoms with Gasteiger partial charge in [0.1, 0.15) is 33.4 Å². The van der Waals surface area contributed by atoms with Crippen LogP contribution in [0, 0.1) is 29.9 Å². The number of carbonyl (C=O) groups is 1. The highest BCUT2D eigenvalue weighted by Gasteiger charge is 2.33. The Morgan fingerprint density at radius 3 is 2.33 bits per heavy atom. The van der Waals surface area contributed by atoms with E-state index in [1.165, 1.54) is 27.7 Å². The summed E-state index contributed by atoms with van der Waals surface area (Å²) in [5, 5.41) is 9.75. The van der Waals surface area contributed by atoms with Gasteiger partial charge in [0.15, 0.2) is 0 Å². The van der Waals surface area contributed by atoms with Crippen LogP contribution in [0.1, 0.15) is 22.3 Å². The standard InChI is InChI=1S/C29H25F2N5O2S2/c1-18-21(15-25-28(38)36(29(39)40-25)17-19-7-9-20(30)10-8-19)26(33(2)27(37)22(18)16-32)35-13-11-34(12-14-35)24-6-4-3-5-23(24)31/h3-10,15H,11-14,17H2,1-2H3/b25-15-. The molecule has 2 aromatic carbocycles. The molecule has 2 fully saturated rings. The van der Waals surface area contributed by atoms with E-state index >= 15 is 0 Å². The topological polar surface area (TPSA) is 72.6 Å². The van der Waals surface area contributed by atoms with Crippen molar-refractivity contribution in [3.8, 4) is 6.07 Å². The third-order valence-corrected chi connectivity index (χ3v) is 8.52. The second kappa shape index (κ2) is 11.2. The molecule has 0 N–H and O–H groups in total. The first kappa shape index (κ1) is 27.6. The SMILES string of the molecule is Cc1c(/C=C2\SC(=S)N(Cc3ccc(F)cc3)C2=O)c(N2CCN(c3ccccc3F)CC2)n(C)c(=O)c1C#N. The van der Waals surface area contributed by atoms with Gasteiger partial charge in [0.2, 0.25) is 0 Å². The summed E-state index contributed by atoms with van der Waals surface area (Å²) in [6.45, 7) is 3.94. The van der Waals surface area contributed by atoms with Gasteiger partial charge in [0, 0.05) is 38.8 Å². The number of hydrogen-bond acceptors (Lipinski definition) is 7. The number of amides is 1. The van der Waals surface area contributed by atoms with Crippen LogP contribution in [0.25, 0.3) is 6.08 Å². The molecule has 204 valence electrons. The molecule has 2 aliphatic rings. The van der Waals surface area contributed by atoms with Crippen LogP contribution >= 0.6 is 24.0 Å². The predicted octanol–water partition coefficient (Wildman–Crippen LogP) is 4.57. The number of benzene rings is 2. The van der Waals surface area contributed by atoms with Crippen molar-refractivity contribution in [3.63, 3.8) is 0 Å². The zero-order valence-electron chi connectivity index (χ0n) is 21.9. The molecule has 11 heteroatoms. The van der Waals surface area contributed by atoms with Crippen molar-refractivity contribution in [1.29, 1.82) is 5.26 Å². The monoisotopic (exact) mass is 577 g/mol. The second-order valence-electron chi connectivity index (χ2n) is 9.53. The molecule has 0 unspecified atom stereocenters. The van der Waals surface area contributed by atoms with E-state index in [-0.39, 0.29) is 29.6 Å². The van der Waals surface area contributed by atoms with Crippen LogP contribution in [0.3, 0.4) is 0 Å². The first-order valence-electron chi connectivity index (χ1n) is 12.6. The molecule has 2 saturated heterocycles. The minimum Gasteiger partial charge on any atom is -0.366 e. The molecule has 5 rings (SSSR count). The quantitative estimate of drug-likeness (QED) is 0.325. The van der Waals surface area contributed by atoms with E-state index in [1.807, 2.05) is 15.9 Å².